The van der Waals surface area contributed by atoms with Crippen LogP contribution in [0, 0.1) is 11.8 Å². The van der Waals surface area contributed by atoms with Gasteiger partial charge in [0.2, 0.25) is 5.91 Å². The molecule has 1 aromatic heterocycles. The number of aliphatic carboxylic acids is 1. The minimum absolute atomic E-state index is 0.240. The summed E-state index contributed by atoms with van der Waals surface area (Å²) in [5, 5.41) is 11.5. The van der Waals surface area contributed by atoms with Gasteiger partial charge >= 0.3 is 5.97 Å². The highest BCUT2D eigenvalue weighted by Crippen LogP contribution is 2.11. The Labute approximate surface area is 99.9 Å². The summed E-state index contributed by atoms with van der Waals surface area (Å²) in [6, 6.07) is 5.36. The van der Waals surface area contributed by atoms with Crippen LogP contribution in [0.4, 0.5) is 0 Å². The average Bonchev–Trinajstić information content (AvgIpc) is 2.27. The maximum atomic E-state index is 11.7. The number of nitrogens with one attached hydrogen (secondary N) is 1. The first-order valence-electron chi connectivity index (χ1n) is 5.42. The van der Waals surface area contributed by atoms with Crippen LogP contribution in [0.5, 0.6) is 0 Å². The molecule has 0 aliphatic carbocycles. The van der Waals surface area contributed by atoms with Gasteiger partial charge in [-0.1, -0.05) is 19.9 Å². The third kappa shape index (κ3) is 3.86. The molecule has 17 heavy (non-hydrogen) atoms. The van der Waals surface area contributed by atoms with E-state index in [1.165, 1.54) is 0 Å². The van der Waals surface area contributed by atoms with Crippen molar-refractivity contribution in [2.24, 2.45) is 11.8 Å². The predicted molar refractivity (Wildman–Crippen MR) is 62.0 cm³/mol. The summed E-state index contributed by atoms with van der Waals surface area (Å²) in [7, 11) is 0. The van der Waals surface area contributed by atoms with Crippen molar-refractivity contribution in [1.82, 2.24) is 10.3 Å². The Morgan fingerprint density at radius 3 is 2.59 bits per heavy atom. The van der Waals surface area contributed by atoms with Crippen LogP contribution < -0.4 is 5.32 Å². The zero-order valence-corrected chi connectivity index (χ0v) is 9.88. The molecule has 1 amide bonds. The van der Waals surface area contributed by atoms with Gasteiger partial charge in [0.1, 0.15) is 5.92 Å². The standard InChI is InChI=1S/C12H16N2O3/c1-8(2)10(12(16)17)11(15)14-7-9-5-3-4-6-13-9/h3-6,8,10H,7H2,1-2H3,(H,14,15)(H,16,17). The Balaban J connectivity index is 2.57. The summed E-state index contributed by atoms with van der Waals surface area (Å²) in [4.78, 5) is 26.6. The molecule has 0 bridgehead atoms. The number of carbonyl (C=O) groups excluding carboxylic acids is 1. The molecule has 5 nitrogen and oxygen atoms in total. The monoisotopic (exact) mass is 236 g/mol. The molecule has 0 spiro atoms. The normalized spacial score (nSPS) is 12.2. The molecule has 0 aromatic carbocycles. The highest BCUT2D eigenvalue weighted by molar-refractivity contribution is 5.97. The molecular weight excluding hydrogens is 220 g/mol. The summed E-state index contributed by atoms with van der Waals surface area (Å²) >= 11 is 0. The van der Waals surface area contributed by atoms with Crippen molar-refractivity contribution in [3.05, 3.63) is 30.1 Å². The van der Waals surface area contributed by atoms with E-state index in [0.717, 1.165) is 0 Å². The average molecular weight is 236 g/mol. The summed E-state index contributed by atoms with van der Waals surface area (Å²) < 4.78 is 0. The fourth-order valence-electron chi connectivity index (χ4n) is 1.49. The number of aromatic nitrogens is 1. The van der Waals surface area contributed by atoms with Crippen molar-refractivity contribution in [2.45, 2.75) is 20.4 Å². The van der Waals surface area contributed by atoms with E-state index in [1.54, 1.807) is 32.2 Å². The number of carboxylic acids is 1. The van der Waals surface area contributed by atoms with E-state index in [9.17, 15) is 9.59 Å². The lowest BCUT2D eigenvalue weighted by atomic mass is 9.95. The van der Waals surface area contributed by atoms with Gasteiger partial charge in [-0.3, -0.25) is 14.6 Å². The van der Waals surface area contributed by atoms with E-state index in [0.29, 0.717) is 5.69 Å². The topological polar surface area (TPSA) is 79.3 Å². The number of carboxylic acid groups (broad SMARTS) is 1. The molecule has 0 radical (unpaired) electrons. The maximum Gasteiger partial charge on any atom is 0.316 e. The van der Waals surface area contributed by atoms with Gasteiger partial charge in [0.15, 0.2) is 0 Å². The Morgan fingerprint density at radius 2 is 2.12 bits per heavy atom. The second-order valence-electron chi connectivity index (χ2n) is 4.10. The maximum absolute atomic E-state index is 11.7. The van der Waals surface area contributed by atoms with Crippen LogP contribution in [-0.4, -0.2) is 22.0 Å². The highest BCUT2D eigenvalue weighted by Gasteiger charge is 2.29. The quantitative estimate of drug-likeness (QED) is 0.749. The van der Waals surface area contributed by atoms with Gasteiger partial charge in [-0.15, -0.1) is 0 Å². The number of nitrogens with zero attached hydrogens (tertiary/aromatic N) is 1. The zero-order chi connectivity index (χ0) is 12.8. The van der Waals surface area contributed by atoms with Crippen molar-refractivity contribution in [3.63, 3.8) is 0 Å². The summed E-state index contributed by atoms with van der Waals surface area (Å²) in [5.74, 6) is -2.83. The first-order valence-corrected chi connectivity index (χ1v) is 5.42. The molecule has 1 heterocycles. The van der Waals surface area contributed by atoms with E-state index in [1.807, 2.05) is 6.07 Å². The molecule has 0 aliphatic rings. The van der Waals surface area contributed by atoms with E-state index in [-0.39, 0.29) is 12.5 Å². The van der Waals surface area contributed by atoms with Gasteiger partial charge in [-0.25, -0.2) is 0 Å². The molecule has 5 heteroatoms. The van der Waals surface area contributed by atoms with Crippen LogP contribution in [0.3, 0.4) is 0 Å². The minimum atomic E-state index is -1.10. The molecule has 1 rings (SSSR count). The molecule has 0 saturated heterocycles. The predicted octanol–water partition coefficient (Wildman–Crippen LogP) is 1.05. The Hall–Kier alpha value is -1.91. The Bertz CT molecular complexity index is 390. The third-order valence-electron chi connectivity index (χ3n) is 2.39. The second kappa shape index (κ2) is 5.98. The van der Waals surface area contributed by atoms with Crippen LogP contribution in [0.25, 0.3) is 0 Å². The van der Waals surface area contributed by atoms with Crippen LogP contribution in [0.2, 0.25) is 0 Å². The fourth-order valence-corrected chi connectivity index (χ4v) is 1.49. The molecule has 0 aliphatic heterocycles. The van der Waals surface area contributed by atoms with Gasteiger partial charge in [0.25, 0.3) is 0 Å². The van der Waals surface area contributed by atoms with E-state index < -0.39 is 17.8 Å². The van der Waals surface area contributed by atoms with E-state index >= 15 is 0 Å². The van der Waals surface area contributed by atoms with Crippen molar-refractivity contribution in [3.8, 4) is 0 Å². The number of rotatable bonds is 5. The van der Waals surface area contributed by atoms with Gasteiger partial charge in [-0.05, 0) is 18.1 Å². The minimum Gasteiger partial charge on any atom is -0.481 e. The molecule has 92 valence electrons. The largest absolute Gasteiger partial charge is 0.481 e. The van der Waals surface area contributed by atoms with Gasteiger partial charge in [0.05, 0.1) is 12.2 Å². The smallest absolute Gasteiger partial charge is 0.316 e. The number of amides is 1. The van der Waals surface area contributed by atoms with Crippen molar-refractivity contribution in [2.75, 3.05) is 0 Å². The Morgan fingerprint density at radius 1 is 1.41 bits per heavy atom. The van der Waals surface area contributed by atoms with E-state index in [4.69, 9.17) is 5.11 Å². The number of pyridine rings is 1. The lowest BCUT2D eigenvalue weighted by Gasteiger charge is -2.15. The molecule has 0 fully saturated rings. The second-order valence-corrected chi connectivity index (χ2v) is 4.10. The number of hydrogen-bond acceptors (Lipinski definition) is 3. The third-order valence-corrected chi connectivity index (χ3v) is 2.39. The van der Waals surface area contributed by atoms with Gasteiger partial charge in [-0.2, -0.15) is 0 Å². The summed E-state index contributed by atoms with van der Waals surface area (Å²) in [6.45, 7) is 3.66. The molecule has 2 N–H and O–H groups in total. The zero-order valence-electron chi connectivity index (χ0n) is 9.88. The van der Waals surface area contributed by atoms with Crippen molar-refractivity contribution < 1.29 is 14.7 Å². The number of hydrogen-bond donors (Lipinski definition) is 2. The fraction of sp³-hybridized carbons (Fsp3) is 0.417. The lowest BCUT2D eigenvalue weighted by molar-refractivity contribution is -0.148. The Kier molecular flexibility index (Phi) is 4.63. The van der Waals surface area contributed by atoms with Gasteiger partial charge < -0.3 is 10.4 Å². The summed E-state index contributed by atoms with van der Waals surface area (Å²) in [5.41, 5.74) is 0.703. The van der Waals surface area contributed by atoms with Gasteiger partial charge in [0, 0.05) is 6.20 Å². The first kappa shape index (κ1) is 13.2. The molecular formula is C12H16N2O3. The van der Waals surface area contributed by atoms with Crippen molar-refractivity contribution in [1.29, 1.82) is 0 Å². The SMILES string of the molecule is CC(C)C(C(=O)O)C(=O)NCc1ccccn1. The number of carbonyl (C=O) groups is 2. The molecule has 1 unspecified atom stereocenters. The summed E-state index contributed by atoms with van der Waals surface area (Å²) in [6.07, 6.45) is 1.62. The van der Waals surface area contributed by atoms with Crippen molar-refractivity contribution >= 4 is 11.9 Å². The lowest BCUT2D eigenvalue weighted by Crippen LogP contribution is -2.38. The highest BCUT2D eigenvalue weighted by atomic mass is 16.4. The first-order chi connectivity index (χ1) is 8.02. The van der Waals surface area contributed by atoms with Crippen LogP contribution in [-0.2, 0) is 16.1 Å². The van der Waals surface area contributed by atoms with E-state index in [2.05, 4.69) is 10.3 Å². The van der Waals surface area contributed by atoms with Crippen LogP contribution in [0.1, 0.15) is 19.5 Å². The van der Waals surface area contributed by atoms with Crippen LogP contribution in [0.15, 0.2) is 24.4 Å². The molecule has 0 saturated carbocycles. The molecule has 1 atom stereocenters. The molecule has 1 aromatic rings. The van der Waals surface area contributed by atoms with Crippen LogP contribution >= 0.6 is 0 Å².